The highest BCUT2D eigenvalue weighted by atomic mass is 16.4. The zero-order valence-electron chi connectivity index (χ0n) is 24.7. The highest BCUT2D eigenvalue weighted by molar-refractivity contribution is 6.46. The number of hydrogen-bond acceptors (Lipinski definition) is 4. The lowest BCUT2D eigenvalue weighted by atomic mass is 9.79. The maximum absolute atomic E-state index is 13.9. The lowest BCUT2D eigenvalue weighted by molar-refractivity contribution is -0.136. The lowest BCUT2D eigenvalue weighted by Crippen LogP contribution is -2.46. The number of rotatable bonds is 8. The number of carboxylic acid groups (broad SMARTS) is 1. The molecular formula is C33H43N3O4. The van der Waals surface area contributed by atoms with Gasteiger partial charge in [0.05, 0.1) is 6.42 Å². The highest BCUT2D eigenvalue weighted by Crippen LogP contribution is 2.49. The molecule has 0 saturated heterocycles. The molecule has 1 heterocycles. The summed E-state index contributed by atoms with van der Waals surface area (Å²) in [5.74, 6) is -0.772. The van der Waals surface area contributed by atoms with E-state index in [0.717, 1.165) is 30.4 Å². The van der Waals surface area contributed by atoms with E-state index in [2.05, 4.69) is 59.0 Å². The number of carbonyl (C=O) groups is 3. The minimum Gasteiger partial charge on any atom is -0.481 e. The van der Waals surface area contributed by atoms with Crippen LogP contribution < -0.4 is 5.32 Å². The Labute approximate surface area is 238 Å². The summed E-state index contributed by atoms with van der Waals surface area (Å²) in [7, 11) is 0. The quantitative estimate of drug-likeness (QED) is 0.451. The van der Waals surface area contributed by atoms with Crippen LogP contribution in [0.1, 0.15) is 94.3 Å². The predicted octanol–water partition coefficient (Wildman–Crippen LogP) is 5.61. The van der Waals surface area contributed by atoms with Gasteiger partial charge in [-0.3, -0.25) is 19.4 Å². The molecule has 0 aromatic heterocycles. The summed E-state index contributed by atoms with van der Waals surface area (Å²) in [6, 6.07) is 15.6. The maximum atomic E-state index is 13.9. The summed E-state index contributed by atoms with van der Waals surface area (Å²) in [4.78, 5) is 44.1. The van der Waals surface area contributed by atoms with Gasteiger partial charge in [0.1, 0.15) is 11.4 Å². The summed E-state index contributed by atoms with van der Waals surface area (Å²) in [6.45, 7) is 14.0. The number of amides is 2. The molecule has 1 saturated carbocycles. The van der Waals surface area contributed by atoms with Crippen LogP contribution in [0.25, 0.3) is 0 Å². The van der Waals surface area contributed by atoms with Gasteiger partial charge in [-0.05, 0) is 65.7 Å². The van der Waals surface area contributed by atoms with Crippen LogP contribution in [0.15, 0.2) is 53.5 Å². The van der Waals surface area contributed by atoms with Gasteiger partial charge in [0.25, 0.3) is 11.8 Å². The van der Waals surface area contributed by atoms with Crippen LogP contribution in [0.4, 0.5) is 0 Å². The van der Waals surface area contributed by atoms with Crippen LogP contribution >= 0.6 is 0 Å². The van der Waals surface area contributed by atoms with Gasteiger partial charge in [-0.2, -0.15) is 0 Å². The van der Waals surface area contributed by atoms with E-state index >= 15 is 0 Å². The Morgan fingerprint density at radius 2 is 1.68 bits per heavy atom. The van der Waals surface area contributed by atoms with Crippen molar-refractivity contribution in [2.75, 3.05) is 13.1 Å². The van der Waals surface area contributed by atoms with Gasteiger partial charge in [-0.25, -0.2) is 0 Å². The van der Waals surface area contributed by atoms with Crippen LogP contribution in [-0.2, 0) is 21.4 Å². The van der Waals surface area contributed by atoms with Crippen molar-refractivity contribution in [1.82, 2.24) is 10.2 Å². The Bertz CT molecular complexity index is 1280. The summed E-state index contributed by atoms with van der Waals surface area (Å²) in [5.41, 5.74) is 3.83. The van der Waals surface area contributed by atoms with E-state index in [1.165, 1.54) is 5.56 Å². The average molecular weight is 546 g/mol. The number of carbonyl (C=O) groups excluding carboxylic acids is 2. The molecule has 2 unspecified atom stereocenters. The Morgan fingerprint density at radius 1 is 1.02 bits per heavy atom. The smallest absolute Gasteiger partial charge is 0.305 e. The summed E-state index contributed by atoms with van der Waals surface area (Å²) < 4.78 is 0. The molecule has 7 nitrogen and oxygen atoms in total. The van der Waals surface area contributed by atoms with E-state index in [1.54, 1.807) is 12.1 Å². The van der Waals surface area contributed by atoms with Crippen molar-refractivity contribution in [2.45, 2.75) is 84.7 Å². The van der Waals surface area contributed by atoms with E-state index in [9.17, 15) is 14.4 Å². The van der Waals surface area contributed by atoms with Crippen molar-refractivity contribution in [1.29, 1.82) is 0 Å². The third kappa shape index (κ3) is 6.45. The average Bonchev–Trinajstić information content (AvgIpc) is 3.43. The molecule has 2 aromatic carbocycles. The summed E-state index contributed by atoms with van der Waals surface area (Å²) in [6.07, 6.45) is 3.30. The normalized spacial score (nSPS) is 21.1. The van der Waals surface area contributed by atoms with Crippen LogP contribution in [0.3, 0.4) is 0 Å². The van der Waals surface area contributed by atoms with Gasteiger partial charge in [0.15, 0.2) is 0 Å². The Morgan fingerprint density at radius 3 is 2.23 bits per heavy atom. The number of nitrogens with one attached hydrogen (secondary N) is 1. The molecule has 40 heavy (non-hydrogen) atoms. The van der Waals surface area contributed by atoms with Crippen LogP contribution in [0, 0.1) is 11.3 Å². The van der Waals surface area contributed by atoms with Gasteiger partial charge in [-0.1, -0.05) is 77.9 Å². The summed E-state index contributed by atoms with van der Waals surface area (Å²) >= 11 is 0. The monoisotopic (exact) mass is 545 g/mol. The number of aliphatic imine (C=N–C) groups is 1. The third-order valence-corrected chi connectivity index (χ3v) is 8.45. The van der Waals surface area contributed by atoms with Crippen LogP contribution in [0.2, 0.25) is 0 Å². The number of nitrogens with zero attached hydrogens (tertiary/aromatic N) is 2. The van der Waals surface area contributed by atoms with Crippen molar-refractivity contribution < 1.29 is 19.5 Å². The Balaban J connectivity index is 1.52. The Kier molecular flexibility index (Phi) is 8.25. The molecule has 214 valence electrons. The predicted molar refractivity (Wildman–Crippen MR) is 158 cm³/mol. The molecule has 0 bridgehead atoms. The molecule has 2 atom stereocenters. The third-order valence-electron chi connectivity index (χ3n) is 8.45. The number of carboxylic acids is 1. The zero-order chi connectivity index (χ0) is 29.3. The minimum atomic E-state index is -0.949. The fourth-order valence-electron chi connectivity index (χ4n) is 5.80. The van der Waals surface area contributed by atoms with Gasteiger partial charge in [-0.15, -0.1) is 0 Å². The topological polar surface area (TPSA) is 99.1 Å². The van der Waals surface area contributed by atoms with Crippen molar-refractivity contribution in [3.8, 4) is 0 Å². The van der Waals surface area contributed by atoms with Crippen molar-refractivity contribution >= 4 is 23.5 Å². The van der Waals surface area contributed by atoms with Gasteiger partial charge >= 0.3 is 5.97 Å². The Hall–Kier alpha value is -3.48. The van der Waals surface area contributed by atoms with E-state index in [4.69, 9.17) is 10.1 Å². The largest absolute Gasteiger partial charge is 0.481 e. The number of hydrogen-bond donors (Lipinski definition) is 2. The van der Waals surface area contributed by atoms with Gasteiger partial charge < -0.3 is 15.3 Å². The molecule has 0 radical (unpaired) electrons. The fraction of sp³-hybridized carbons (Fsp3) is 0.515. The minimum absolute atomic E-state index is 0.00695. The molecular weight excluding hydrogens is 502 g/mol. The molecule has 1 aliphatic heterocycles. The molecule has 1 spiro atoms. The highest BCUT2D eigenvalue weighted by Gasteiger charge is 2.53. The second-order valence-electron chi connectivity index (χ2n) is 13.4. The van der Waals surface area contributed by atoms with E-state index in [-0.39, 0.29) is 35.6 Å². The molecule has 4 rings (SSSR count). The standard InChI is InChI=1S/C33H43N3O4/c1-31(2,3)25-13-11-23(12-14-25)28-30(40)36(33(35-28)18-15-26(21-33)32(4,5)6)20-17-22-7-9-24(10-8-22)29(39)34-19-16-27(37)38/h7-14,26H,15-21H2,1-6H3,(H,34,39)(H,37,38). The molecule has 2 aliphatic rings. The SMILES string of the molecule is CC(C)(C)c1ccc(C2=NC3(CCC(C(C)(C)C)C3)N(CCc3ccc(C(=O)NCCC(=O)O)cc3)C2=O)cc1. The van der Waals surface area contributed by atoms with E-state index in [1.807, 2.05) is 29.2 Å². The van der Waals surface area contributed by atoms with Crippen LogP contribution in [-0.4, -0.2) is 52.3 Å². The second kappa shape index (κ2) is 11.2. The number of aliphatic carboxylic acids is 1. The van der Waals surface area contributed by atoms with Crippen molar-refractivity contribution in [3.05, 3.63) is 70.8 Å². The molecule has 1 aliphatic carbocycles. The first-order valence-electron chi connectivity index (χ1n) is 14.3. The van der Waals surface area contributed by atoms with Gasteiger partial charge in [0, 0.05) is 24.2 Å². The van der Waals surface area contributed by atoms with Crippen LogP contribution in [0.5, 0.6) is 0 Å². The zero-order valence-corrected chi connectivity index (χ0v) is 24.7. The first-order valence-corrected chi connectivity index (χ1v) is 14.3. The van der Waals surface area contributed by atoms with Crippen molar-refractivity contribution in [3.63, 3.8) is 0 Å². The lowest BCUT2D eigenvalue weighted by Gasteiger charge is -2.35. The van der Waals surface area contributed by atoms with Gasteiger partial charge in [0.2, 0.25) is 0 Å². The van der Waals surface area contributed by atoms with Crippen molar-refractivity contribution in [2.24, 2.45) is 16.3 Å². The molecule has 2 N–H and O–H groups in total. The summed E-state index contributed by atoms with van der Waals surface area (Å²) in [5, 5.41) is 11.4. The maximum Gasteiger partial charge on any atom is 0.305 e. The molecule has 7 heteroatoms. The second-order valence-corrected chi connectivity index (χ2v) is 13.4. The number of benzene rings is 2. The molecule has 2 amide bonds. The van der Waals surface area contributed by atoms with E-state index in [0.29, 0.717) is 30.2 Å². The first kappa shape index (κ1) is 29.5. The fourth-order valence-corrected chi connectivity index (χ4v) is 5.80. The molecule has 1 fully saturated rings. The van der Waals surface area contributed by atoms with E-state index < -0.39 is 11.6 Å². The molecule has 2 aromatic rings. The first-order chi connectivity index (χ1) is 18.7.